The first-order chi connectivity index (χ1) is 12.5. The summed E-state index contributed by atoms with van der Waals surface area (Å²) < 4.78 is 10.5. The summed E-state index contributed by atoms with van der Waals surface area (Å²) in [5.41, 5.74) is 1.12. The number of carbonyl (C=O) groups is 1. The molecule has 1 fully saturated rings. The summed E-state index contributed by atoms with van der Waals surface area (Å²) in [5.74, 6) is 1.73. The van der Waals surface area contributed by atoms with Crippen LogP contribution in [0.1, 0.15) is 10.4 Å². The molecule has 0 aromatic heterocycles. The van der Waals surface area contributed by atoms with E-state index < -0.39 is 0 Å². The largest absolute Gasteiger partial charge is 0.497 e. The van der Waals surface area contributed by atoms with E-state index in [1.807, 2.05) is 0 Å². The molecule has 1 saturated heterocycles. The van der Waals surface area contributed by atoms with Crippen LogP contribution in [0.5, 0.6) is 11.5 Å². The maximum absolute atomic E-state index is 13.0. The number of benzene rings is 2. The molecule has 0 spiro atoms. The first-order valence-corrected chi connectivity index (χ1v) is 9.47. The first-order valence-electron chi connectivity index (χ1n) is 7.73. The van der Waals surface area contributed by atoms with Crippen molar-refractivity contribution in [3.05, 3.63) is 52.0 Å². The van der Waals surface area contributed by atoms with Crippen LogP contribution in [0.25, 0.3) is 0 Å². The summed E-state index contributed by atoms with van der Waals surface area (Å²) in [6, 6.07) is 10.2. The number of methoxy groups -OCH3 is 2. The highest BCUT2D eigenvalue weighted by Crippen LogP contribution is 2.30. The molecule has 1 heterocycles. The number of hydrogen-bond donors (Lipinski definition) is 0. The lowest BCUT2D eigenvalue weighted by Gasteiger charge is -2.17. The summed E-state index contributed by atoms with van der Waals surface area (Å²) >= 11 is 13.5. The monoisotopic (exact) mass is 410 g/mol. The Morgan fingerprint density at radius 2 is 1.77 bits per heavy atom. The van der Waals surface area contributed by atoms with Gasteiger partial charge in [-0.3, -0.25) is 9.69 Å². The molecule has 2 aromatic rings. The minimum atomic E-state index is -0.161. The molecule has 0 atom stereocenters. The second-order valence-corrected chi connectivity index (χ2v) is 7.28. The van der Waals surface area contributed by atoms with Crippen LogP contribution in [0.15, 0.2) is 41.4 Å². The van der Waals surface area contributed by atoms with E-state index in [-0.39, 0.29) is 5.91 Å². The van der Waals surface area contributed by atoms with Crippen LogP contribution < -0.4 is 9.47 Å². The van der Waals surface area contributed by atoms with Gasteiger partial charge in [-0.15, -0.1) is 0 Å². The standard InChI is InChI=1S/C18H16Cl2N2O3S/c1-24-13-7-11(8-14(10-13)25-2)17(23)22-5-6-26-18(22)21-12-3-4-15(19)16(20)9-12/h3-4,7-10H,5-6H2,1-2H3. The van der Waals surface area contributed by atoms with E-state index in [0.29, 0.717) is 44.5 Å². The number of halogens is 2. The fourth-order valence-corrected chi connectivity index (χ4v) is 3.68. The number of rotatable bonds is 4. The van der Waals surface area contributed by atoms with Crippen molar-refractivity contribution in [2.45, 2.75) is 0 Å². The van der Waals surface area contributed by atoms with Crippen molar-refractivity contribution in [2.75, 3.05) is 26.5 Å². The maximum Gasteiger partial charge on any atom is 0.260 e. The highest BCUT2D eigenvalue weighted by Gasteiger charge is 2.27. The van der Waals surface area contributed by atoms with E-state index in [0.717, 1.165) is 5.75 Å². The zero-order valence-electron chi connectivity index (χ0n) is 14.2. The summed E-state index contributed by atoms with van der Waals surface area (Å²) in [6.07, 6.45) is 0. The number of carbonyl (C=O) groups excluding carboxylic acids is 1. The molecule has 1 amide bonds. The van der Waals surface area contributed by atoms with E-state index in [1.165, 1.54) is 11.8 Å². The lowest BCUT2D eigenvalue weighted by Crippen LogP contribution is -2.31. The van der Waals surface area contributed by atoms with Crippen molar-refractivity contribution in [3.63, 3.8) is 0 Å². The summed E-state index contributed by atoms with van der Waals surface area (Å²) in [5, 5.41) is 1.51. The van der Waals surface area contributed by atoms with Gasteiger partial charge in [0, 0.05) is 23.9 Å². The number of amidine groups is 1. The minimum absolute atomic E-state index is 0.161. The first kappa shape index (κ1) is 18.9. The summed E-state index contributed by atoms with van der Waals surface area (Å²) in [6.45, 7) is 0.573. The number of thioether (sulfide) groups is 1. The fraction of sp³-hybridized carbons (Fsp3) is 0.222. The molecular formula is C18H16Cl2N2O3S. The van der Waals surface area contributed by atoms with E-state index in [1.54, 1.807) is 55.5 Å². The topological polar surface area (TPSA) is 51.1 Å². The van der Waals surface area contributed by atoms with E-state index in [2.05, 4.69) is 4.99 Å². The van der Waals surface area contributed by atoms with Crippen molar-refractivity contribution >= 4 is 51.7 Å². The molecule has 0 radical (unpaired) electrons. The highest BCUT2D eigenvalue weighted by molar-refractivity contribution is 8.14. The van der Waals surface area contributed by atoms with Gasteiger partial charge in [-0.25, -0.2) is 4.99 Å². The van der Waals surface area contributed by atoms with Crippen LogP contribution in [0.2, 0.25) is 10.0 Å². The maximum atomic E-state index is 13.0. The number of ether oxygens (including phenoxy) is 2. The smallest absolute Gasteiger partial charge is 0.260 e. The van der Waals surface area contributed by atoms with Gasteiger partial charge >= 0.3 is 0 Å². The SMILES string of the molecule is COc1cc(OC)cc(C(=O)N2CCSC2=Nc2ccc(Cl)c(Cl)c2)c1. The van der Waals surface area contributed by atoms with Crippen molar-refractivity contribution in [1.82, 2.24) is 4.90 Å². The van der Waals surface area contributed by atoms with Crippen molar-refractivity contribution in [3.8, 4) is 11.5 Å². The van der Waals surface area contributed by atoms with Crippen LogP contribution in [0.4, 0.5) is 5.69 Å². The van der Waals surface area contributed by atoms with Gasteiger partial charge in [0.15, 0.2) is 5.17 Å². The Balaban J connectivity index is 1.91. The molecule has 8 heteroatoms. The van der Waals surface area contributed by atoms with Crippen LogP contribution in [-0.2, 0) is 0 Å². The Morgan fingerprint density at radius 1 is 1.08 bits per heavy atom. The molecule has 0 aliphatic carbocycles. The lowest BCUT2D eigenvalue weighted by atomic mass is 10.1. The summed E-state index contributed by atoms with van der Waals surface area (Å²) in [7, 11) is 3.10. The molecule has 2 aromatic carbocycles. The zero-order chi connectivity index (χ0) is 18.7. The Morgan fingerprint density at radius 3 is 2.38 bits per heavy atom. The van der Waals surface area contributed by atoms with Gasteiger partial charge in [0.05, 0.1) is 30.0 Å². The van der Waals surface area contributed by atoms with Gasteiger partial charge in [0.1, 0.15) is 11.5 Å². The zero-order valence-corrected chi connectivity index (χ0v) is 16.5. The molecule has 0 N–H and O–H groups in total. The van der Waals surface area contributed by atoms with Crippen molar-refractivity contribution < 1.29 is 14.3 Å². The second-order valence-electron chi connectivity index (χ2n) is 5.40. The molecule has 5 nitrogen and oxygen atoms in total. The predicted octanol–water partition coefficient (Wildman–Crippen LogP) is 4.89. The third kappa shape index (κ3) is 4.09. The van der Waals surface area contributed by atoms with Gasteiger partial charge in [0.2, 0.25) is 0 Å². The average molecular weight is 411 g/mol. The number of nitrogens with zero attached hydrogens (tertiary/aromatic N) is 2. The quantitative estimate of drug-likeness (QED) is 0.719. The molecule has 0 bridgehead atoms. The lowest BCUT2D eigenvalue weighted by molar-refractivity contribution is 0.0858. The third-order valence-electron chi connectivity index (χ3n) is 3.75. The molecule has 26 heavy (non-hydrogen) atoms. The second kappa shape index (κ2) is 8.20. The number of aliphatic imine (C=N–C) groups is 1. The molecular weight excluding hydrogens is 395 g/mol. The van der Waals surface area contributed by atoms with Gasteiger partial charge in [0.25, 0.3) is 5.91 Å². The average Bonchev–Trinajstić information content (AvgIpc) is 3.11. The Hall–Kier alpha value is -1.89. The Kier molecular flexibility index (Phi) is 5.96. The Labute approximate surface area is 165 Å². The number of amides is 1. The molecule has 136 valence electrons. The molecule has 0 unspecified atom stereocenters. The van der Waals surface area contributed by atoms with Crippen LogP contribution >= 0.6 is 35.0 Å². The van der Waals surface area contributed by atoms with Crippen LogP contribution in [0, 0.1) is 0 Å². The molecule has 0 saturated carbocycles. The van der Waals surface area contributed by atoms with E-state index >= 15 is 0 Å². The molecule has 3 rings (SSSR count). The van der Waals surface area contributed by atoms with Crippen molar-refractivity contribution in [1.29, 1.82) is 0 Å². The van der Waals surface area contributed by atoms with E-state index in [4.69, 9.17) is 32.7 Å². The van der Waals surface area contributed by atoms with Gasteiger partial charge in [-0.05, 0) is 30.3 Å². The van der Waals surface area contributed by atoms with Crippen LogP contribution in [-0.4, -0.2) is 42.5 Å². The summed E-state index contributed by atoms with van der Waals surface area (Å²) in [4.78, 5) is 19.2. The van der Waals surface area contributed by atoms with E-state index in [9.17, 15) is 4.79 Å². The minimum Gasteiger partial charge on any atom is -0.497 e. The normalized spacial score (nSPS) is 15.4. The predicted molar refractivity (Wildman–Crippen MR) is 107 cm³/mol. The van der Waals surface area contributed by atoms with Crippen LogP contribution in [0.3, 0.4) is 0 Å². The van der Waals surface area contributed by atoms with Gasteiger partial charge < -0.3 is 9.47 Å². The number of hydrogen-bond acceptors (Lipinski definition) is 5. The molecule has 1 aliphatic rings. The molecule has 1 aliphatic heterocycles. The highest BCUT2D eigenvalue weighted by atomic mass is 35.5. The van der Waals surface area contributed by atoms with Crippen molar-refractivity contribution in [2.24, 2.45) is 4.99 Å². The Bertz CT molecular complexity index is 851. The third-order valence-corrected chi connectivity index (χ3v) is 5.44. The van der Waals surface area contributed by atoms with Gasteiger partial charge in [-0.1, -0.05) is 35.0 Å². The fourth-order valence-electron chi connectivity index (χ4n) is 2.43. The van der Waals surface area contributed by atoms with Gasteiger partial charge in [-0.2, -0.15) is 0 Å².